The number of rotatable bonds is 1. The van der Waals surface area contributed by atoms with Crippen LogP contribution in [0, 0.1) is 5.92 Å². The molecule has 0 aromatic rings. The summed E-state index contributed by atoms with van der Waals surface area (Å²) in [5.41, 5.74) is 0. The van der Waals surface area contributed by atoms with Gasteiger partial charge in [-0.25, -0.2) is 0 Å². The van der Waals surface area contributed by atoms with Crippen molar-refractivity contribution in [1.82, 2.24) is 0 Å². The van der Waals surface area contributed by atoms with E-state index >= 15 is 0 Å². The fourth-order valence-electron chi connectivity index (χ4n) is 1.23. The van der Waals surface area contributed by atoms with Gasteiger partial charge in [0.1, 0.15) is 6.29 Å². The molecule has 1 aliphatic rings. The Morgan fingerprint density at radius 2 is 1.90 bits per heavy atom. The quantitative estimate of drug-likeness (QED) is 0.447. The second-order valence-corrected chi connectivity index (χ2v) is 3.86. The van der Waals surface area contributed by atoms with E-state index in [1.165, 1.54) is 0 Å². The van der Waals surface area contributed by atoms with Crippen LogP contribution in [0.3, 0.4) is 0 Å². The highest BCUT2D eigenvalue weighted by Crippen LogP contribution is 2.30. The summed E-state index contributed by atoms with van der Waals surface area (Å²) in [4.78, 5) is 10.3. The van der Waals surface area contributed by atoms with Crippen molar-refractivity contribution >= 4 is 29.5 Å². The number of hydrogen-bond donors (Lipinski definition) is 0. The van der Waals surface area contributed by atoms with E-state index in [4.69, 9.17) is 23.2 Å². The molecule has 3 heteroatoms. The van der Waals surface area contributed by atoms with Gasteiger partial charge in [-0.1, -0.05) is 0 Å². The van der Waals surface area contributed by atoms with Crippen LogP contribution in [0.2, 0.25) is 0 Å². The van der Waals surface area contributed by atoms with Crippen molar-refractivity contribution in [3.8, 4) is 0 Å². The Morgan fingerprint density at radius 3 is 2.40 bits per heavy atom. The van der Waals surface area contributed by atoms with Gasteiger partial charge in [0, 0.05) is 11.3 Å². The molecule has 58 valence electrons. The van der Waals surface area contributed by atoms with Gasteiger partial charge in [0.2, 0.25) is 0 Å². The van der Waals surface area contributed by atoms with Gasteiger partial charge in [-0.05, 0) is 19.3 Å². The zero-order valence-corrected chi connectivity index (χ0v) is 7.11. The summed E-state index contributed by atoms with van der Waals surface area (Å²) in [6, 6.07) is 0. The average molecular weight is 181 g/mol. The molecule has 0 aliphatic heterocycles. The third kappa shape index (κ3) is 1.86. The first-order chi connectivity index (χ1) is 4.74. The second-order valence-electron chi connectivity index (χ2n) is 2.74. The lowest BCUT2D eigenvalue weighted by atomic mass is 9.90. The summed E-state index contributed by atoms with van der Waals surface area (Å²) in [5, 5.41) is 0.0588. The van der Waals surface area contributed by atoms with Crippen molar-refractivity contribution in [1.29, 1.82) is 0 Å². The molecule has 10 heavy (non-hydrogen) atoms. The van der Waals surface area contributed by atoms with Gasteiger partial charge in [0.05, 0.1) is 5.38 Å². The third-order valence-electron chi connectivity index (χ3n) is 1.93. The summed E-state index contributed by atoms with van der Waals surface area (Å²) in [7, 11) is 0. The molecule has 0 heterocycles. The van der Waals surface area contributed by atoms with Crippen molar-refractivity contribution < 1.29 is 4.79 Å². The largest absolute Gasteiger partial charge is 0.303 e. The number of halogens is 2. The minimum atomic E-state index is -0.00869. The van der Waals surface area contributed by atoms with E-state index in [0.29, 0.717) is 0 Å². The van der Waals surface area contributed by atoms with Crippen LogP contribution >= 0.6 is 23.2 Å². The number of carbonyl (C=O) groups is 1. The maximum atomic E-state index is 10.3. The fraction of sp³-hybridized carbons (Fsp3) is 0.857. The molecular formula is C7H10Cl2O. The molecule has 0 amide bonds. The molecule has 0 spiro atoms. The molecule has 1 fully saturated rings. The molecule has 1 rings (SSSR count). The van der Waals surface area contributed by atoms with Gasteiger partial charge in [0.25, 0.3) is 0 Å². The Kier molecular flexibility index (Phi) is 2.99. The third-order valence-corrected chi connectivity index (χ3v) is 3.06. The monoisotopic (exact) mass is 180 g/mol. The predicted octanol–water partition coefficient (Wildman–Crippen LogP) is 2.20. The molecule has 3 atom stereocenters. The summed E-state index contributed by atoms with van der Waals surface area (Å²) in [6.07, 6.45) is 3.51. The number of hydrogen-bond acceptors (Lipinski definition) is 1. The van der Waals surface area contributed by atoms with Gasteiger partial charge in [-0.15, -0.1) is 23.2 Å². The molecule has 1 aliphatic carbocycles. The molecule has 0 N–H and O–H groups in total. The number of alkyl halides is 2. The Balaban J connectivity index is 2.40. The van der Waals surface area contributed by atoms with E-state index in [0.717, 1.165) is 25.5 Å². The topological polar surface area (TPSA) is 17.1 Å². The van der Waals surface area contributed by atoms with Crippen molar-refractivity contribution in [2.24, 2.45) is 5.92 Å². The van der Waals surface area contributed by atoms with Crippen LogP contribution in [0.4, 0.5) is 0 Å². The normalized spacial score (nSPS) is 41.2. The highest BCUT2D eigenvalue weighted by molar-refractivity contribution is 6.30. The van der Waals surface area contributed by atoms with Gasteiger partial charge in [-0.3, -0.25) is 0 Å². The molecule has 0 radical (unpaired) electrons. The van der Waals surface area contributed by atoms with E-state index in [1.807, 2.05) is 0 Å². The van der Waals surface area contributed by atoms with Crippen molar-refractivity contribution in [2.75, 3.05) is 0 Å². The van der Waals surface area contributed by atoms with Crippen LogP contribution in [0.1, 0.15) is 19.3 Å². The van der Waals surface area contributed by atoms with Gasteiger partial charge >= 0.3 is 0 Å². The first-order valence-electron chi connectivity index (χ1n) is 3.47. The van der Waals surface area contributed by atoms with Gasteiger partial charge in [-0.2, -0.15) is 0 Å². The molecule has 0 bridgehead atoms. The number of aldehydes is 1. The fourth-order valence-corrected chi connectivity index (χ4v) is 1.82. The highest BCUT2D eigenvalue weighted by atomic mass is 35.5. The molecule has 1 saturated carbocycles. The maximum Gasteiger partial charge on any atom is 0.123 e. The van der Waals surface area contributed by atoms with E-state index < -0.39 is 0 Å². The summed E-state index contributed by atoms with van der Waals surface area (Å²) < 4.78 is 0. The lowest BCUT2D eigenvalue weighted by Crippen LogP contribution is -2.26. The van der Waals surface area contributed by atoms with E-state index in [2.05, 4.69) is 0 Å². The van der Waals surface area contributed by atoms with Crippen LogP contribution in [0.25, 0.3) is 0 Å². The standard InChI is InChI=1S/C7H10Cl2O/c8-6-2-1-5(4-10)3-7(6)9/h4-7H,1-3H2. The Labute approximate surface area is 70.7 Å². The zero-order valence-electron chi connectivity index (χ0n) is 5.59. The first kappa shape index (κ1) is 8.35. The molecular weight excluding hydrogens is 171 g/mol. The summed E-state index contributed by atoms with van der Waals surface area (Å²) in [5.74, 6) is 0.150. The molecule has 0 aromatic carbocycles. The van der Waals surface area contributed by atoms with Crippen LogP contribution in [0.5, 0.6) is 0 Å². The van der Waals surface area contributed by atoms with E-state index in [9.17, 15) is 4.79 Å². The van der Waals surface area contributed by atoms with E-state index in [-0.39, 0.29) is 16.7 Å². The lowest BCUT2D eigenvalue weighted by molar-refractivity contribution is -0.111. The first-order valence-corrected chi connectivity index (χ1v) is 4.34. The van der Waals surface area contributed by atoms with Crippen LogP contribution in [-0.2, 0) is 4.79 Å². The molecule has 3 unspecified atom stereocenters. The Morgan fingerprint density at radius 1 is 1.20 bits per heavy atom. The SMILES string of the molecule is O=CC1CCC(Cl)C(Cl)C1. The second kappa shape index (κ2) is 3.59. The smallest absolute Gasteiger partial charge is 0.123 e. The van der Waals surface area contributed by atoms with Crippen LogP contribution < -0.4 is 0 Å². The minimum Gasteiger partial charge on any atom is -0.303 e. The molecule has 1 nitrogen and oxygen atoms in total. The average Bonchev–Trinajstić information content (AvgIpc) is 1.95. The Bertz CT molecular complexity index is 127. The lowest BCUT2D eigenvalue weighted by Gasteiger charge is -2.25. The van der Waals surface area contributed by atoms with Gasteiger partial charge < -0.3 is 4.79 Å². The minimum absolute atomic E-state index is 0.00869. The summed E-state index contributed by atoms with van der Waals surface area (Å²) in [6.45, 7) is 0. The van der Waals surface area contributed by atoms with Crippen LogP contribution in [0.15, 0.2) is 0 Å². The van der Waals surface area contributed by atoms with Gasteiger partial charge in [0.15, 0.2) is 0 Å². The summed E-state index contributed by atoms with van der Waals surface area (Å²) >= 11 is 11.7. The molecule has 0 saturated heterocycles. The zero-order chi connectivity index (χ0) is 7.56. The highest BCUT2D eigenvalue weighted by Gasteiger charge is 2.26. The maximum absolute atomic E-state index is 10.3. The predicted molar refractivity (Wildman–Crippen MR) is 42.7 cm³/mol. The van der Waals surface area contributed by atoms with E-state index in [1.54, 1.807) is 0 Å². The Hall–Kier alpha value is 0.250. The van der Waals surface area contributed by atoms with Crippen molar-refractivity contribution in [3.05, 3.63) is 0 Å². The molecule has 0 aromatic heterocycles. The number of carbonyl (C=O) groups excluding carboxylic acids is 1. The van der Waals surface area contributed by atoms with Crippen LogP contribution in [-0.4, -0.2) is 17.0 Å². The van der Waals surface area contributed by atoms with Crippen molar-refractivity contribution in [2.45, 2.75) is 30.0 Å². The van der Waals surface area contributed by atoms with Crippen molar-refractivity contribution in [3.63, 3.8) is 0 Å².